The molecule has 7 heteroatoms. The summed E-state index contributed by atoms with van der Waals surface area (Å²) in [6, 6.07) is 10.3. The van der Waals surface area contributed by atoms with Gasteiger partial charge in [-0.3, -0.25) is 9.59 Å². The Labute approximate surface area is 132 Å². The average molecular weight is 317 g/mol. The molecule has 22 heavy (non-hydrogen) atoms. The van der Waals surface area contributed by atoms with Crippen molar-refractivity contribution < 1.29 is 14.0 Å². The first-order valence-electron chi connectivity index (χ1n) is 6.54. The number of furan rings is 1. The first-order valence-corrected chi connectivity index (χ1v) is 6.94. The van der Waals surface area contributed by atoms with E-state index in [1.54, 1.807) is 42.7 Å². The first-order chi connectivity index (χ1) is 10.5. The second-order valence-electron chi connectivity index (χ2n) is 4.47. The summed E-state index contributed by atoms with van der Waals surface area (Å²) < 4.78 is 5.14. The maximum absolute atomic E-state index is 12.0. The quantitative estimate of drug-likeness (QED) is 0.752. The van der Waals surface area contributed by atoms with Crippen molar-refractivity contribution in [1.29, 1.82) is 0 Å². The number of rotatable bonds is 4. The Balaban J connectivity index is 1.89. The van der Waals surface area contributed by atoms with Gasteiger partial charge in [0.05, 0.1) is 12.8 Å². The van der Waals surface area contributed by atoms with Crippen LogP contribution in [-0.4, -0.2) is 16.9 Å². The monoisotopic (exact) mass is 317 g/mol. The smallest absolute Gasteiger partial charge is 0.251 e. The van der Waals surface area contributed by atoms with E-state index in [0.717, 1.165) is 0 Å². The fourth-order valence-electron chi connectivity index (χ4n) is 1.71. The van der Waals surface area contributed by atoms with Gasteiger partial charge in [-0.05, 0) is 48.6 Å². The zero-order valence-corrected chi connectivity index (χ0v) is 12.7. The van der Waals surface area contributed by atoms with Crippen molar-refractivity contribution in [1.82, 2.24) is 10.6 Å². The number of carbonyl (C=O) groups is 2. The number of hydrogen-bond donors (Lipinski definition) is 3. The van der Waals surface area contributed by atoms with E-state index in [9.17, 15) is 9.59 Å². The van der Waals surface area contributed by atoms with Crippen molar-refractivity contribution in [3.8, 4) is 0 Å². The molecular formula is C15H15N3O3S. The molecule has 1 heterocycles. The molecule has 0 radical (unpaired) electrons. The predicted octanol–water partition coefficient (Wildman–Crippen LogP) is 2.04. The zero-order chi connectivity index (χ0) is 15.9. The molecule has 3 N–H and O–H groups in total. The van der Waals surface area contributed by atoms with Gasteiger partial charge in [-0.1, -0.05) is 0 Å². The van der Waals surface area contributed by atoms with E-state index >= 15 is 0 Å². The number of thiocarbonyl (C=S) groups is 1. The highest BCUT2D eigenvalue weighted by Crippen LogP contribution is 2.10. The lowest BCUT2D eigenvalue weighted by Crippen LogP contribution is -2.32. The van der Waals surface area contributed by atoms with E-state index in [0.29, 0.717) is 23.6 Å². The minimum Gasteiger partial charge on any atom is -0.467 e. The minimum absolute atomic E-state index is 0.201. The summed E-state index contributed by atoms with van der Waals surface area (Å²) in [4.78, 5) is 22.8. The van der Waals surface area contributed by atoms with Crippen LogP contribution in [0.1, 0.15) is 23.0 Å². The van der Waals surface area contributed by atoms with Crippen LogP contribution in [0.2, 0.25) is 0 Å². The standard InChI is InChI=1S/C15H15N3O3S/c1-10(19)17-15(22)18-12-6-4-11(5-7-12)14(20)16-9-13-3-2-8-21-13/h2-8H,9H2,1H3,(H,16,20)(H2,17,18,19,22). The van der Waals surface area contributed by atoms with Crippen molar-refractivity contribution in [2.45, 2.75) is 13.5 Å². The van der Waals surface area contributed by atoms with Crippen LogP contribution < -0.4 is 16.0 Å². The molecule has 114 valence electrons. The zero-order valence-electron chi connectivity index (χ0n) is 11.9. The van der Waals surface area contributed by atoms with Gasteiger partial charge in [0.1, 0.15) is 5.76 Å². The fraction of sp³-hybridized carbons (Fsp3) is 0.133. The Morgan fingerprint density at radius 2 is 1.91 bits per heavy atom. The highest BCUT2D eigenvalue weighted by atomic mass is 32.1. The topological polar surface area (TPSA) is 83.4 Å². The Morgan fingerprint density at radius 3 is 2.50 bits per heavy atom. The lowest BCUT2D eigenvalue weighted by Gasteiger charge is -2.09. The number of hydrogen-bond acceptors (Lipinski definition) is 4. The van der Waals surface area contributed by atoms with Gasteiger partial charge in [-0.2, -0.15) is 0 Å². The van der Waals surface area contributed by atoms with Crippen LogP contribution in [0.25, 0.3) is 0 Å². The third-order valence-corrected chi connectivity index (χ3v) is 2.90. The largest absolute Gasteiger partial charge is 0.467 e. The summed E-state index contributed by atoms with van der Waals surface area (Å²) >= 11 is 4.95. The van der Waals surface area contributed by atoms with Crippen LogP contribution in [0.3, 0.4) is 0 Å². The minimum atomic E-state index is -0.244. The summed E-state index contributed by atoms with van der Waals surface area (Å²) in [5, 5.41) is 8.27. The summed E-state index contributed by atoms with van der Waals surface area (Å²) in [6.07, 6.45) is 1.56. The van der Waals surface area contributed by atoms with Gasteiger partial charge in [-0.25, -0.2) is 0 Å². The highest BCUT2D eigenvalue weighted by Gasteiger charge is 2.06. The van der Waals surface area contributed by atoms with Crippen molar-refractivity contribution >= 4 is 34.8 Å². The van der Waals surface area contributed by atoms with E-state index in [1.807, 2.05) is 0 Å². The predicted molar refractivity (Wildman–Crippen MR) is 86.4 cm³/mol. The van der Waals surface area contributed by atoms with Crippen LogP contribution in [0.4, 0.5) is 5.69 Å². The van der Waals surface area contributed by atoms with Crippen molar-refractivity contribution in [3.05, 3.63) is 54.0 Å². The van der Waals surface area contributed by atoms with Gasteiger partial charge in [0.25, 0.3) is 5.91 Å². The van der Waals surface area contributed by atoms with E-state index in [-0.39, 0.29) is 16.9 Å². The Morgan fingerprint density at radius 1 is 1.18 bits per heavy atom. The number of benzene rings is 1. The van der Waals surface area contributed by atoms with Gasteiger partial charge in [0.15, 0.2) is 5.11 Å². The lowest BCUT2D eigenvalue weighted by atomic mass is 10.2. The van der Waals surface area contributed by atoms with Gasteiger partial charge in [-0.15, -0.1) is 0 Å². The highest BCUT2D eigenvalue weighted by molar-refractivity contribution is 7.80. The van der Waals surface area contributed by atoms with Crippen molar-refractivity contribution in [3.63, 3.8) is 0 Å². The van der Waals surface area contributed by atoms with E-state index in [2.05, 4.69) is 16.0 Å². The molecule has 6 nitrogen and oxygen atoms in total. The number of amides is 2. The van der Waals surface area contributed by atoms with Crippen molar-refractivity contribution in [2.75, 3.05) is 5.32 Å². The molecule has 2 aromatic rings. The third kappa shape index (κ3) is 4.71. The molecule has 0 aliphatic heterocycles. The molecule has 0 unspecified atom stereocenters. The Bertz CT molecular complexity index is 666. The maximum atomic E-state index is 12.0. The number of nitrogens with one attached hydrogen (secondary N) is 3. The van der Waals surface area contributed by atoms with Gasteiger partial charge < -0.3 is 20.4 Å². The van der Waals surface area contributed by atoms with E-state index < -0.39 is 0 Å². The molecular weight excluding hydrogens is 302 g/mol. The van der Waals surface area contributed by atoms with E-state index in [1.165, 1.54) is 6.92 Å². The molecule has 2 amide bonds. The fourth-order valence-corrected chi connectivity index (χ4v) is 1.97. The third-order valence-electron chi connectivity index (χ3n) is 2.70. The maximum Gasteiger partial charge on any atom is 0.251 e. The Kier molecular flexibility index (Phi) is 5.26. The normalized spacial score (nSPS) is 9.86. The first kappa shape index (κ1) is 15.7. The average Bonchev–Trinajstić information content (AvgIpc) is 2.98. The van der Waals surface area contributed by atoms with Crippen LogP contribution in [0.15, 0.2) is 47.1 Å². The molecule has 0 atom stereocenters. The van der Waals surface area contributed by atoms with Crippen LogP contribution >= 0.6 is 12.2 Å². The van der Waals surface area contributed by atoms with Crippen LogP contribution in [-0.2, 0) is 11.3 Å². The van der Waals surface area contributed by atoms with Gasteiger partial charge in [0.2, 0.25) is 5.91 Å². The number of carbonyl (C=O) groups excluding carboxylic acids is 2. The van der Waals surface area contributed by atoms with Gasteiger partial charge in [0, 0.05) is 18.2 Å². The molecule has 0 spiro atoms. The molecule has 0 bridgehead atoms. The lowest BCUT2D eigenvalue weighted by molar-refractivity contribution is -0.117. The van der Waals surface area contributed by atoms with E-state index in [4.69, 9.17) is 16.6 Å². The summed E-state index contributed by atoms with van der Waals surface area (Å²) in [7, 11) is 0. The summed E-state index contributed by atoms with van der Waals surface area (Å²) in [5.74, 6) is 0.242. The molecule has 2 rings (SSSR count). The van der Waals surface area contributed by atoms with Crippen LogP contribution in [0, 0.1) is 0 Å². The molecule has 0 fully saturated rings. The van der Waals surface area contributed by atoms with Gasteiger partial charge >= 0.3 is 0 Å². The molecule has 1 aromatic heterocycles. The second-order valence-corrected chi connectivity index (χ2v) is 4.88. The molecule has 0 saturated carbocycles. The Hall–Kier alpha value is -2.67. The molecule has 0 saturated heterocycles. The molecule has 0 aliphatic carbocycles. The molecule has 0 aliphatic rings. The van der Waals surface area contributed by atoms with Crippen molar-refractivity contribution in [2.24, 2.45) is 0 Å². The molecule has 1 aromatic carbocycles. The SMILES string of the molecule is CC(=O)NC(=S)Nc1ccc(C(=O)NCc2ccco2)cc1. The number of anilines is 1. The summed E-state index contributed by atoms with van der Waals surface area (Å²) in [5.41, 5.74) is 1.20. The second kappa shape index (κ2) is 7.37. The van der Waals surface area contributed by atoms with Crippen LogP contribution in [0.5, 0.6) is 0 Å². The summed E-state index contributed by atoms with van der Waals surface area (Å²) in [6.45, 7) is 1.71.